The Morgan fingerprint density at radius 2 is 1.73 bits per heavy atom. The van der Waals surface area contributed by atoms with Gasteiger partial charge in [0, 0.05) is 26.2 Å². The van der Waals surface area contributed by atoms with Gasteiger partial charge in [0.05, 0.1) is 16.6 Å². The second-order valence-corrected chi connectivity index (χ2v) is 10.3. The fourth-order valence-electron chi connectivity index (χ4n) is 4.25. The lowest BCUT2D eigenvalue weighted by molar-refractivity contribution is 0.164. The Bertz CT molecular complexity index is 1170. The van der Waals surface area contributed by atoms with E-state index >= 15 is 0 Å². The normalized spacial score (nSPS) is 16.2. The number of hydrogen-bond acceptors (Lipinski definition) is 7. The molecule has 0 N–H and O–H groups in total. The van der Waals surface area contributed by atoms with Crippen LogP contribution in [0.5, 0.6) is 0 Å². The van der Waals surface area contributed by atoms with E-state index in [1.807, 2.05) is 17.9 Å². The van der Waals surface area contributed by atoms with Crippen molar-refractivity contribution in [1.82, 2.24) is 25.1 Å². The quantitative estimate of drug-likeness (QED) is 0.498. The number of piperazine rings is 1. The number of nitrogens with zero attached hydrogens (tertiary/aromatic N) is 6. The van der Waals surface area contributed by atoms with Crippen molar-refractivity contribution in [3.8, 4) is 0 Å². The maximum Gasteiger partial charge on any atom is 0.198 e. The standard InChI is InChI=1S/C23H29FN6O2S/c1-3-6-22(29-15-13-28(14-16-29)21-8-5-4-7-20(21)24)23-25-26-27-30(23)17-33(31,32)19-11-9-18(2)10-12-19/h4-5,7-12,22H,3,6,13-17H2,1-2H3/t22-/m1/s1. The fraction of sp³-hybridized carbons (Fsp3) is 0.435. The highest BCUT2D eigenvalue weighted by atomic mass is 32.2. The molecule has 1 atom stereocenters. The summed E-state index contributed by atoms with van der Waals surface area (Å²) in [5, 5.41) is 12.0. The molecular weight excluding hydrogens is 443 g/mol. The van der Waals surface area contributed by atoms with Crippen LogP contribution in [0.4, 0.5) is 10.1 Å². The van der Waals surface area contributed by atoms with E-state index in [9.17, 15) is 12.8 Å². The van der Waals surface area contributed by atoms with Gasteiger partial charge in [-0.25, -0.2) is 17.5 Å². The van der Waals surface area contributed by atoms with Crippen molar-refractivity contribution in [1.29, 1.82) is 0 Å². The van der Waals surface area contributed by atoms with Crippen LogP contribution in [0, 0.1) is 12.7 Å². The summed E-state index contributed by atoms with van der Waals surface area (Å²) in [5.74, 6) is 0.0153. The average Bonchev–Trinajstić information content (AvgIpc) is 3.25. The van der Waals surface area contributed by atoms with Crippen molar-refractivity contribution in [2.75, 3.05) is 31.1 Å². The first-order valence-electron chi connectivity index (χ1n) is 11.2. The number of halogens is 1. The Balaban J connectivity index is 1.51. The highest BCUT2D eigenvalue weighted by Gasteiger charge is 2.30. The molecule has 3 aromatic rings. The van der Waals surface area contributed by atoms with E-state index in [-0.39, 0.29) is 22.6 Å². The Hall–Kier alpha value is -2.85. The maximum atomic E-state index is 14.2. The molecule has 10 heteroatoms. The highest BCUT2D eigenvalue weighted by molar-refractivity contribution is 7.90. The van der Waals surface area contributed by atoms with Gasteiger partial charge in [-0.15, -0.1) is 5.10 Å². The van der Waals surface area contributed by atoms with Gasteiger partial charge in [-0.05, 0) is 48.0 Å². The average molecular weight is 473 g/mol. The molecule has 0 aliphatic carbocycles. The molecule has 0 saturated carbocycles. The molecule has 1 aliphatic rings. The van der Waals surface area contributed by atoms with E-state index in [4.69, 9.17) is 0 Å². The summed E-state index contributed by atoms with van der Waals surface area (Å²) in [6, 6.07) is 13.5. The molecule has 0 spiro atoms. The molecule has 1 aliphatic heterocycles. The second kappa shape index (κ2) is 9.96. The van der Waals surface area contributed by atoms with Crippen LogP contribution in [0.15, 0.2) is 53.4 Å². The Morgan fingerprint density at radius 1 is 1.03 bits per heavy atom. The van der Waals surface area contributed by atoms with E-state index < -0.39 is 9.84 Å². The summed E-state index contributed by atoms with van der Waals surface area (Å²) in [4.78, 5) is 4.56. The number of rotatable bonds is 8. The van der Waals surface area contributed by atoms with Gasteiger partial charge in [0.2, 0.25) is 0 Å². The highest BCUT2D eigenvalue weighted by Crippen LogP contribution is 2.28. The summed E-state index contributed by atoms with van der Waals surface area (Å²) in [6.45, 7) is 6.75. The van der Waals surface area contributed by atoms with E-state index in [1.165, 1.54) is 10.7 Å². The molecule has 8 nitrogen and oxygen atoms in total. The third-order valence-corrected chi connectivity index (χ3v) is 7.62. The fourth-order valence-corrected chi connectivity index (χ4v) is 5.46. The first kappa shape index (κ1) is 23.3. The van der Waals surface area contributed by atoms with E-state index in [2.05, 4.69) is 27.3 Å². The SMILES string of the molecule is CCC[C@H](c1nnnn1CS(=O)(=O)c1ccc(C)cc1)N1CCN(c2ccccc2F)CC1. The molecule has 1 aromatic heterocycles. The zero-order valence-corrected chi connectivity index (χ0v) is 19.7. The third-order valence-electron chi connectivity index (χ3n) is 6.04. The van der Waals surface area contributed by atoms with Crippen LogP contribution in [0.2, 0.25) is 0 Å². The number of anilines is 1. The predicted octanol–water partition coefficient (Wildman–Crippen LogP) is 3.22. The topological polar surface area (TPSA) is 84.2 Å². The van der Waals surface area contributed by atoms with Crippen LogP contribution >= 0.6 is 0 Å². The molecule has 0 unspecified atom stereocenters. The lowest BCUT2D eigenvalue weighted by Crippen LogP contribution is -2.48. The van der Waals surface area contributed by atoms with Crippen molar-refractivity contribution in [2.24, 2.45) is 0 Å². The van der Waals surface area contributed by atoms with Crippen LogP contribution in [0.3, 0.4) is 0 Å². The number of aryl methyl sites for hydroxylation is 1. The van der Waals surface area contributed by atoms with Crippen molar-refractivity contribution in [3.63, 3.8) is 0 Å². The predicted molar refractivity (Wildman–Crippen MR) is 124 cm³/mol. The second-order valence-electron chi connectivity index (χ2n) is 8.37. The summed E-state index contributed by atoms with van der Waals surface area (Å²) >= 11 is 0. The number of hydrogen-bond donors (Lipinski definition) is 0. The molecule has 1 fully saturated rings. The molecule has 0 amide bonds. The van der Waals surface area contributed by atoms with Gasteiger partial charge in [-0.2, -0.15) is 0 Å². The van der Waals surface area contributed by atoms with Crippen LogP contribution in [0.1, 0.15) is 37.2 Å². The van der Waals surface area contributed by atoms with Gasteiger partial charge in [0.15, 0.2) is 21.5 Å². The Morgan fingerprint density at radius 3 is 2.39 bits per heavy atom. The molecule has 0 bridgehead atoms. The van der Waals surface area contributed by atoms with Gasteiger partial charge < -0.3 is 4.90 Å². The Kier molecular flexibility index (Phi) is 7.04. The van der Waals surface area contributed by atoms with Crippen molar-refractivity contribution < 1.29 is 12.8 Å². The van der Waals surface area contributed by atoms with E-state index in [0.717, 1.165) is 18.4 Å². The molecule has 33 heavy (non-hydrogen) atoms. The Labute approximate surface area is 193 Å². The summed E-state index contributed by atoms with van der Waals surface area (Å²) in [7, 11) is -3.60. The number of aromatic nitrogens is 4. The van der Waals surface area contributed by atoms with Crippen LogP contribution < -0.4 is 4.90 Å². The monoisotopic (exact) mass is 472 g/mol. The van der Waals surface area contributed by atoms with Crippen molar-refractivity contribution in [2.45, 2.75) is 43.5 Å². The number of benzene rings is 2. The minimum atomic E-state index is -3.60. The molecule has 0 radical (unpaired) electrons. The van der Waals surface area contributed by atoms with Gasteiger partial charge in [-0.3, -0.25) is 4.90 Å². The summed E-state index contributed by atoms with van der Waals surface area (Å²) in [5.41, 5.74) is 1.60. The van der Waals surface area contributed by atoms with Gasteiger partial charge >= 0.3 is 0 Å². The van der Waals surface area contributed by atoms with Gasteiger partial charge in [0.1, 0.15) is 5.82 Å². The lowest BCUT2D eigenvalue weighted by Gasteiger charge is -2.39. The molecular formula is C23H29FN6O2S. The molecule has 2 aromatic carbocycles. The molecule has 2 heterocycles. The molecule has 4 rings (SSSR count). The van der Waals surface area contributed by atoms with Gasteiger partial charge in [0.25, 0.3) is 0 Å². The zero-order valence-electron chi connectivity index (χ0n) is 18.9. The van der Waals surface area contributed by atoms with Crippen LogP contribution in [-0.4, -0.2) is 59.7 Å². The molecule has 1 saturated heterocycles. The first-order chi connectivity index (χ1) is 15.9. The number of para-hydroxylation sites is 1. The van der Waals surface area contributed by atoms with E-state index in [0.29, 0.717) is 37.7 Å². The summed E-state index contributed by atoms with van der Waals surface area (Å²) < 4.78 is 41.6. The number of sulfone groups is 1. The third kappa shape index (κ3) is 5.22. The smallest absolute Gasteiger partial charge is 0.198 e. The van der Waals surface area contributed by atoms with Crippen molar-refractivity contribution >= 4 is 15.5 Å². The van der Waals surface area contributed by atoms with E-state index in [1.54, 1.807) is 36.4 Å². The zero-order chi connectivity index (χ0) is 23.4. The summed E-state index contributed by atoms with van der Waals surface area (Å²) in [6.07, 6.45) is 1.69. The van der Waals surface area contributed by atoms with Crippen LogP contribution in [0.25, 0.3) is 0 Å². The minimum absolute atomic E-state index is 0.110. The number of tetrazole rings is 1. The van der Waals surface area contributed by atoms with Crippen molar-refractivity contribution in [3.05, 3.63) is 65.7 Å². The lowest BCUT2D eigenvalue weighted by atomic mass is 10.1. The largest absolute Gasteiger partial charge is 0.367 e. The molecule has 176 valence electrons. The maximum absolute atomic E-state index is 14.2. The van der Waals surface area contributed by atoms with Gasteiger partial charge in [-0.1, -0.05) is 43.2 Å². The first-order valence-corrected chi connectivity index (χ1v) is 12.8. The van der Waals surface area contributed by atoms with Crippen LogP contribution in [-0.2, 0) is 15.7 Å². The minimum Gasteiger partial charge on any atom is -0.367 e.